The number of aromatic nitrogens is 3. The van der Waals surface area contributed by atoms with E-state index in [1.807, 2.05) is 43.0 Å². The number of nitrogens with zero attached hydrogens (tertiary/aromatic N) is 5. The van der Waals surface area contributed by atoms with E-state index in [4.69, 9.17) is 9.72 Å². The van der Waals surface area contributed by atoms with Crippen molar-refractivity contribution in [1.29, 1.82) is 5.26 Å². The van der Waals surface area contributed by atoms with Gasteiger partial charge in [0.1, 0.15) is 0 Å². The van der Waals surface area contributed by atoms with Crippen LogP contribution in [0.3, 0.4) is 0 Å². The molecule has 2 aromatic carbocycles. The molecule has 8 nitrogen and oxygen atoms in total. The molecule has 0 aliphatic carbocycles. The van der Waals surface area contributed by atoms with E-state index in [1.54, 1.807) is 11.0 Å². The van der Waals surface area contributed by atoms with Crippen molar-refractivity contribution < 1.29 is 9.53 Å². The fraction of sp³-hybridized carbons (Fsp3) is 0.280. The Kier molecular flexibility index (Phi) is 4.69. The lowest BCUT2D eigenvalue weighted by atomic mass is 9.78. The van der Waals surface area contributed by atoms with Crippen molar-refractivity contribution in [3.8, 4) is 27.8 Å². The summed E-state index contributed by atoms with van der Waals surface area (Å²) in [6, 6.07) is 13.6. The maximum Gasteiger partial charge on any atom is 0.323 e. The summed E-state index contributed by atoms with van der Waals surface area (Å²) in [5.41, 5.74) is 5.33. The second kappa shape index (κ2) is 7.65. The van der Waals surface area contributed by atoms with E-state index in [1.165, 1.54) is 11.3 Å². The molecule has 0 unspecified atom stereocenters. The Balaban J connectivity index is 1.39. The van der Waals surface area contributed by atoms with E-state index < -0.39 is 0 Å². The van der Waals surface area contributed by atoms with E-state index in [9.17, 15) is 10.1 Å². The molecule has 0 radical (unpaired) electrons. The Morgan fingerprint density at radius 3 is 2.79 bits per heavy atom. The van der Waals surface area contributed by atoms with Crippen molar-refractivity contribution >= 4 is 33.4 Å². The molecule has 2 aromatic heterocycles. The molecule has 1 spiro atoms. The number of fused-ring (bicyclic) bond motifs is 1. The fourth-order valence-electron chi connectivity index (χ4n) is 4.71. The van der Waals surface area contributed by atoms with E-state index in [-0.39, 0.29) is 11.4 Å². The number of nitriles is 1. The molecule has 2 aliphatic rings. The number of urea groups is 1. The van der Waals surface area contributed by atoms with Gasteiger partial charge in [0.15, 0.2) is 5.13 Å². The zero-order valence-electron chi connectivity index (χ0n) is 18.8. The summed E-state index contributed by atoms with van der Waals surface area (Å²) in [5, 5.41) is 18.5. The number of thiazole rings is 1. The van der Waals surface area contributed by atoms with E-state index in [2.05, 4.69) is 28.6 Å². The Morgan fingerprint density at radius 1 is 1.24 bits per heavy atom. The largest absolute Gasteiger partial charge is 0.380 e. The minimum absolute atomic E-state index is 0.144. The van der Waals surface area contributed by atoms with Crippen LogP contribution in [0.4, 0.5) is 9.93 Å². The van der Waals surface area contributed by atoms with Crippen LogP contribution in [0.15, 0.2) is 42.6 Å². The molecule has 4 aromatic rings. The maximum absolute atomic E-state index is 12.8. The number of carbonyl (C=O) groups is 1. The van der Waals surface area contributed by atoms with Crippen LogP contribution >= 0.6 is 11.3 Å². The van der Waals surface area contributed by atoms with Crippen molar-refractivity contribution in [3.05, 3.63) is 53.7 Å². The van der Waals surface area contributed by atoms with Gasteiger partial charge in [0, 0.05) is 37.3 Å². The molecule has 2 aliphatic heterocycles. The van der Waals surface area contributed by atoms with Gasteiger partial charge in [0.25, 0.3) is 0 Å². The molecule has 0 atom stereocenters. The molecule has 9 heteroatoms. The number of rotatable bonds is 3. The van der Waals surface area contributed by atoms with Crippen molar-refractivity contribution in [2.75, 3.05) is 31.6 Å². The lowest BCUT2D eigenvalue weighted by molar-refractivity contribution is -0.174. The normalized spacial score (nSPS) is 16.2. The van der Waals surface area contributed by atoms with Crippen LogP contribution in [0.1, 0.15) is 11.1 Å². The highest BCUT2D eigenvalue weighted by molar-refractivity contribution is 7.19. The van der Waals surface area contributed by atoms with E-state index in [0.29, 0.717) is 23.8 Å². The van der Waals surface area contributed by atoms with Crippen LogP contribution in [0, 0.1) is 23.7 Å². The number of aryl methyl sites for hydroxylation is 2. The molecule has 2 saturated heterocycles. The molecular formula is C25H22N6O2S. The number of amides is 2. The third kappa shape index (κ3) is 3.43. The highest BCUT2D eigenvalue weighted by atomic mass is 32.1. The summed E-state index contributed by atoms with van der Waals surface area (Å²) < 4.78 is 7.12. The first-order chi connectivity index (χ1) is 16.4. The molecule has 1 N–H and O–H groups in total. The van der Waals surface area contributed by atoms with Gasteiger partial charge in [-0.05, 0) is 42.3 Å². The first-order valence-corrected chi connectivity index (χ1v) is 11.8. The number of benzene rings is 2. The zero-order chi connectivity index (χ0) is 23.4. The highest BCUT2D eigenvalue weighted by Crippen LogP contribution is 2.42. The number of ether oxygens (including phenoxy) is 1. The smallest absolute Gasteiger partial charge is 0.323 e. The van der Waals surface area contributed by atoms with Gasteiger partial charge in [-0.15, -0.1) is 0 Å². The molecular weight excluding hydrogens is 448 g/mol. The van der Waals surface area contributed by atoms with Crippen LogP contribution in [0.2, 0.25) is 0 Å². The molecule has 0 bridgehead atoms. The summed E-state index contributed by atoms with van der Waals surface area (Å²) in [7, 11) is 1.91. The predicted octanol–water partition coefficient (Wildman–Crippen LogP) is 4.41. The third-order valence-electron chi connectivity index (χ3n) is 6.44. The Bertz CT molecular complexity index is 1490. The van der Waals surface area contributed by atoms with Crippen molar-refractivity contribution in [1.82, 2.24) is 19.7 Å². The maximum atomic E-state index is 12.8. The monoisotopic (exact) mass is 470 g/mol. The number of anilines is 1. The number of carbonyl (C=O) groups excluding carboxylic acids is 1. The van der Waals surface area contributed by atoms with Crippen molar-refractivity contribution in [3.63, 3.8) is 0 Å². The topological polar surface area (TPSA) is 96.1 Å². The second-order valence-electron chi connectivity index (χ2n) is 9.20. The van der Waals surface area contributed by atoms with Gasteiger partial charge in [-0.3, -0.25) is 10.00 Å². The van der Waals surface area contributed by atoms with Gasteiger partial charge in [0.05, 0.1) is 46.3 Å². The fourth-order valence-corrected chi connectivity index (χ4v) is 5.68. The first kappa shape index (κ1) is 20.8. The van der Waals surface area contributed by atoms with E-state index >= 15 is 0 Å². The Hall–Kier alpha value is -3.74. The lowest BCUT2D eigenvalue weighted by Gasteiger charge is -2.54. The van der Waals surface area contributed by atoms with E-state index in [0.717, 1.165) is 51.4 Å². The number of likely N-dealkylation sites (tertiary alicyclic amines) is 1. The molecule has 2 fully saturated rings. The molecule has 170 valence electrons. The first-order valence-electron chi connectivity index (χ1n) is 11.0. The average Bonchev–Trinajstić information content (AvgIpc) is 3.35. The average molecular weight is 471 g/mol. The van der Waals surface area contributed by atoms with Gasteiger partial charge < -0.3 is 9.64 Å². The molecule has 4 heterocycles. The summed E-state index contributed by atoms with van der Waals surface area (Å²) in [6.45, 7) is 4.93. The van der Waals surface area contributed by atoms with Gasteiger partial charge >= 0.3 is 6.03 Å². The number of hydrogen-bond donors (Lipinski definition) is 1. The zero-order valence-corrected chi connectivity index (χ0v) is 19.6. The summed E-state index contributed by atoms with van der Waals surface area (Å²) >= 11 is 1.44. The van der Waals surface area contributed by atoms with Crippen molar-refractivity contribution in [2.24, 2.45) is 12.5 Å². The minimum Gasteiger partial charge on any atom is -0.380 e. The molecule has 6 rings (SSSR count). The van der Waals surface area contributed by atoms with Crippen LogP contribution in [0.25, 0.3) is 32.6 Å². The number of nitrogens with one attached hydrogen (secondary N) is 1. The van der Waals surface area contributed by atoms with Crippen molar-refractivity contribution in [2.45, 2.75) is 6.92 Å². The number of hydrogen-bond acceptors (Lipinski definition) is 6. The summed E-state index contributed by atoms with van der Waals surface area (Å²) in [5.74, 6) is 0. The lowest BCUT2D eigenvalue weighted by Crippen LogP contribution is -2.67. The summed E-state index contributed by atoms with van der Waals surface area (Å²) in [6.07, 6.45) is 2.00. The molecule has 2 amide bonds. The van der Waals surface area contributed by atoms with Crippen LogP contribution in [-0.4, -0.2) is 52.0 Å². The highest BCUT2D eigenvalue weighted by Gasteiger charge is 2.50. The quantitative estimate of drug-likeness (QED) is 0.479. The SMILES string of the molecule is Cc1cc(-c2sc(NC(=O)N3CC4(COC4)C3)nc2-c2cccc(C#N)c2)cc2cn(C)nc12. The van der Waals surface area contributed by atoms with Crippen LogP contribution < -0.4 is 5.32 Å². The van der Waals surface area contributed by atoms with Gasteiger partial charge in [0.2, 0.25) is 0 Å². The van der Waals surface area contributed by atoms with Gasteiger partial charge in [-0.2, -0.15) is 10.4 Å². The second-order valence-corrected chi connectivity index (χ2v) is 10.2. The standard InChI is InChI=1S/C25H22N6O2S/c1-15-6-18(8-19-10-30(2)29-20(15)19)22-21(17-5-3-4-16(7-17)9-26)27-23(34-22)28-24(32)31-11-25(12-31)13-33-14-25/h3-8,10H,11-14H2,1-2H3,(H,27,28,32). The Labute approximate surface area is 200 Å². The summed E-state index contributed by atoms with van der Waals surface area (Å²) in [4.78, 5) is 20.4. The van der Waals surface area contributed by atoms with Gasteiger partial charge in [-0.25, -0.2) is 9.78 Å². The predicted molar refractivity (Wildman–Crippen MR) is 131 cm³/mol. The third-order valence-corrected chi connectivity index (χ3v) is 7.46. The van der Waals surface area contributed by atoms with Crippen LogP contribution in [0.5, 0.6) is 0 Å². The Morgan fingerprint density at radius 2 is 2.06 bits per heavy atom. The van der Waals surface area contributed by atoms with Crippen LogP contribution in [-0.2, 0) is 11.8 Å². The molecule has 34 heavy (non-hydrogen) atoms. The van der Waals surface area contributed by atoms with Gasteiger partial charge in [-0.1, -0.05) is 23.5 Å². The minimum atomic E-state index is -0.144. The molecule has 0 saturated carbocycles.